The van der Waals surface area contributed by atoms with E-state index in [-0.39, 0.29) is 15.7 Å². The van der Waals surface area contributed by atoms with Gasteiger partial charge in [0, 0.05) is 0 Å². The van der Waals surface area contributed by atoms with Crippen molar-refractivity contribution in [2.75, 3.05) is 11.5 Å². The molecule has 0 unspecified atom stereocenters. The lowest BCUT2D eigenvalue weighted by molar-refractivity contribution is -0.139. The van der Waals surface area contributed by atoms with Crippen LogP contribution >= 0.6 is 35.0 Å². The molecule has 3 rings (SSSR count). The molecule has 6 nitrogen and oxygen atoms in total. The lowest BCUT2D eigenvalue weighted by Gasteiger charge is -2.13. The van der Waals surface area contributed by atoms with Crippen LogP contribution < -0.4 is 9.64 Å². The van der Waals surface area contributed by atoms with Crippen LogP contribution in [0, 0.1) is 0 Å². The lowest BCUT2D eigenvalue weighted by atomic mass is 10.2. The lowest BCUT2D eigenvalue weighted by Crippen LogP contribution is -2.27. The first kappa shape index (κ1) is 19.3. The van der Waals surface area contributed by atoms with Crippen LogP contribution in [0.25, 0.3) is 6.08 Å². The highest BCUT2D eigenvalue weighted by atomic mass is 35.5. The Morgan fingerprint density at radius 2 is 1.89 bits per heavy atom. The minimum absolute atomic E-state index is 0.190. The molecule has 1 fully saturated rings. The quantitative estimate of drug-likeness (QED) is 0.701. The third-order valence-corrected chi connectivity index (χ3v) is 4.98. The highest BCUT2D eigenvalue weighted by molar-refractivity contribution is 8.19. The summed E-state index contributed by atoms with van der Waals surface area (Å²) in [5.41, 5.74) is 0.882. The maximum Gasteiger partial charge on any atom is 0.341 e. The van der Waals surface area contributed by atoms with Crippen molar-refractivity contribution in [1.82, 2.24) is 0 Å². The van der Waals surface area contributed by atoms with Crippen molar-refractivity contribution < 1.29 is 24.2 Å². The van der Waals surface area contributed by atoms with E-state index in [1.165, 1.54) is 18.2 Å². The Morgan fingerprint density at radius 1 is 1.15 bits per heavy atom. The van der Waals surface area contributed by atoms with Crippen LogP contribution in [-0.2, 0) is 9.59 Å². The largest absolute Gasteiger partial charge is 0.480 e. The first-order chi connectivity index (χ1) is 12.9. The number of halogens is 2. The van der Waals surface area contributed by atoms with Gasteiger partial charge in [-0.1, -0.05) is 41.4 Å². The van der Waals surface area contributed by atoms with Gasteiger partial charge in [0.1, 0.15) is 5.75 Å². The van der Waals surface area contributed by atoms with Crippen molar-refractivity contribution in [1.29, 1.82) is 0 Å². The van der Waals surface area contributed by atoms with Gasteiger partial charge in [-0.05, 0) is 47.7 Å². The molecule has 0 saturated carbocycles. The molecule has 0 spiro atoms. The summed E-state index contributed by atoms with van der Waals surface area (Å²) in [6.45, 7) is -0.518. The van der Waals surface area contributed by atoms with E-state index < -0.39 is 23.7 Å². The predicted octanol–water partition coefficient (Wildman–Crippen LogP) is 4.70. The van der Waals surface area contributed by atoms with Crippen LogP contribution in [0.5, 0.6) is 5.75 Å². The Bertz CT molecular complexity index is 976. The summed E-state index contributed by atoms with van der Waals surface area (Å²) in [4.78, 5) is 36.7. The first-order valence-electron chi connectivity index (χ1n) is 7.53. The van der Waals surface area contributed by atoms with Gasteiger partial charge >= 0.3 is 5.97 Å². The number of rotatable bonds is 5. The van der Waals surface area contributed by atoms with Gasteiger partial charge in [0.15, 0.2) is 6.61 Å². The Kier molecular flexibility index (Phi) is 5.74. The van der Waals surface area contributed by atoms with Gasteiger partial charge in [0.25, 0.3) is 11.1 Å². The van der Waals surface area contributed by atoms with Crippen LogP contribution in [0.3, 0.4) is 0 Å². The van der Waals surface area contributed by atoms with E-state index in [4.69, 9.17) is 33.0 Å². The number of amides is 2. The zero-order valence-corrected chi connectivity index (χ0v) is 15.8. The number of carboxylic acid groups (broad SMARTS) is 1. The van der Waals surface area contributed by atoms with Crippen molar-refractivity contribution >= 4 is 63.8 Å². The van der Waals surface area contributed by atoms with Gasteiger partial charge in [-0.15, -0.1) is 0 Å². The topological polar surface area (TPSA) is 83.9 Å². The van der Waals surface area contributed by atoms with Crippen molar-refractivity contribution in [2.24, 2.45) is 0 Å². The van der Waals surface area contributed by atoms with Gasteiger partial charge in [-0.2, -0.15) is 0 Å². The molecule has 2 aromatic carbocycles. The van der Waals surface area contributed by atoms with Crippen molar-refractivity contribution in [3.63, 3.8) is 0 Å². The van der Waals surface area contributed by atoms with Crippen molar-refractivity contribution in [3.8, 4) is 5.75 Å². The Balaban J connectivity index is 1.85. The second-order valence-corrected chi connectivity index (χ2v) is 7.15. The minimum atomic E-state index is -1.12. The Morgan fingerprint density at radius 3 is 2.56 bits per heavy atom. The minimum Gasteiger partial charge on any atom is -0.480 e. The maximum absolute atomic E-state index is 12.6. The highest BCUT2D eigenvalue weighted by Gasteiger charge is 2.37. The zero-order chi connectivity index (χ0) is 19.6. The van der Waals surface area contributed by atoms with E-state index in [0.29, 0.717) is 16.3 Å². The van der Waals surface area contributed by atoms with Gasteiger partial charge in [-0.25, -0.2) is 9.69 Å². The average molecular weight is 424 g/mol. The maximum atomic E-state index is 12.6. The zero-order valence-electron chi connectivity index (χ0n) is 13.5. The molecule has 2 aromatic rings. The van der Waals surface area contributed by atoms with Gasteiger partial charge in [-0.3, -0.25) is 9.59 Å². The molecule has 1 saturated heterocycles. The molecule has 0 aliphatic carbocycles. The molecule has 0 aromatic heterocycles. The number of carbonyl (C=O) groups is 3. The summed E-state index contributed by atoms with van der Waals surface area (Å²) >= 11 is 13.0. The summed E-state index contributed by atoms with van der Waals surface area (Å²) in [7, 11) is 0. The number of carbonyl (C=O) groups excluding carboxylic acids is 2. The molecule has 0 atom stereocenters. The molecule has 1 heterocycles. The summed E-state index contributed by atoms with van der Waals surface area (Å²) in [5.74, 6) is -1.40. The number of imide groups is 1. The third kappa shape index (κ3) is 4.27. The second kappa shape index (κ2) is 8.04. The highest BCUT2D eigenvalue weighted by Crippen LogP contribution is 2.38. The van der Waals surface area contributed by atoms with Crippen LogP contribution in [0.4, 0.5) is 10.5 Å². The van der Waals surface area contributed by atoms with E-state index in [2.05, 4.69) is 0 Å². The molecule has 0 bridgehead atoms. The van der Waals surface area contributed by atoms with E-state index in [1.807, 2.05) is 0 Å². The summed E-state index contributed by atoms with van der Waals surface area (Å²) in [6.07, 6.45) is 1.52. The number of aliphatic carboxylic acids is 1. The fraction of sp³-hybridized carbons (Fsp3) is 0.0556. The standard InChI is InChI=1S/C18H11Cl2NO5S/c19-11-3-1-2-4-13(11)21-17(24)15(27-18(21)25)8-10-5-6-14(12(20)7-10)26-9-16(22)23/h1-8H,9H2,(H,22,23)/b15-8-. The van der Waals surface area contributed by atoms with Crippen LogP contribution in [-0.4, -0.2) is 28.8 Å². The molecule has 1 N–H and O–H groups in total. The van der Waals surface area contributed by atoms with Gasteiger partial charge in [0.2, 0.25) is 0 Å². The Hall–Kier alpha value is -2.48. The van der Waals surface area contributed by atoms with Crippen LogP contribution in [0.15, 0.2) is 47.4 Å². The normalized spacial score (nSPS) is 15.5. The number of nitrogens with zero attached hydrogens (tertiary/aromatic N) is 1. The molecule has 9 heteroatoms. The molecular formula is C18H11Cl2NO5S. The molecule has 138 valence electrons. The average Bonchev–Trinajstić information content (AvgIpc) is 2.88. The molecule has 27 heavy (non-hydrogen) atoms. The number of hydrogen-bond donors (Lipinski definition) is 1. The molecular weight excluding hydrogens is 413 g/mol. The Labute approximate surface area is 168 Å². The second-order valence-electron chi connectivity index (χ2n) is 5.34. The van der Waals surface area contributed by atoms with E-state index in [1.54, 1.807) is 30.3 Å². The summed E-state index contributed by atoms with van der Waals surface area (Å²) in [5, 5.41) is 8.67. The number of benzene rings is 2. The van der Waals surface area contributed by atoms with E-state index >= 15 is 0 Å². The predicted molar refractivity (Wildman–Crippen MR) is 104 cm³/mol. The van der Waals surface area contributed by atoms with Crippen molar-refractivity contribution in [3.05, 3.63) is 63.0 Å². The van der Waals surface area contributed by atoms with Gasteiger partial charge < -0.3 is 9.84 Å². The number of thioether (sulfide) groups is 1. The first-order valence-corrected chi connectivity index (χ1v) is 9.10. The fourth-order valence-corrected chi connectivity index (χ4v) is 3.62. The SMILES string of the molecule is O=C(O)COc1ccc(/C=C2\SC(=O)N(c3ccccc3Cl)C2=O)cc1Cl. The molecule has 0 radical (unpaired) electrons. The number of ether oxygens (including phenoxy) is 1. The molecule has 1 aliphatic heterocycles. The molecule has 2 amide bonds. The number of carboxylic acids is 1. The third-order valence-electron chi connectivity index (χ3n) is 3.49. The van der Waals surface area contributed by atoms with Crippen LogP contribution in [0.1, 0.15) is 5.56 Å². The number of para-hydroxylation sites is 1. The van der Waals surface area contributed by atoms with Crippen LogP contribution in [0.2, 0.25) is 10.0 Å². The van der Waals surface area contributed by atoms with Crippen molar-refractivity contribution in [2.45, 2.75) is 0 Å². The van der Waals surface area contributed by atoms with E-state index in [0.717, 1.165) is 16.7 Å². The summed E-state index contributed by atoms with van der Waals surface area (Å²) in [6, 6.07) is 11.2. The number of hydrogen-bond acceptors (Lipinski definition) is 5. The molecule has 1 aliphatic rings. The summed E-state index contributed by atoms with van der Waals surface area (Å²) < 4.78 is 5.05. The van der Waals surface area contributed by atoms with E-state index in [9.17, 15) is 14.4 Å². The smallest absolute Gasteiger partial charge is 0.341 e. The number of anilines is 1. The fourth-order valence-electron chi connectivity index (χ4n) is 2.32. The monoisotopic (exact) mass is 423 g/mol. The van der Waals surface area contributed by atoms with Gasteiger partial charge in [0.05, 0.1) is 20.6 Å².